The van der Waals surface area contributed by atoms with E-state index >= 15 is 0 Å². The van der Waals surface area contributed by atoms with E-state index < -0.39 is 38.4 Å². The molecule has 0 atom stereocenters. The van der Waals surface area contributed by atoms with Gasteiger partial charge in [-0.1, -0.05) is 13.3 Å². The predicted molar refractivity (Wildman–Crippen MR) is 66.2 cm³/mol. The van der Waals surface area contributed by atoms with E-state index in [1.165, 1.54) is 0 Å². The van der Waals surface area contributed by atoms with Gasteiger partial charge in [0.15, 0.2) is 0 Å². The summed E-state index contributed by atoms with van der Waals surface area (Å²) in [5.74, 6) is -3.93. The Kier molecular flexibility index (Phi) is 4.48. The fraction of sp³-hybridized carbons (Fsp3) is 0.364. The average Bonchev–Trinajstić information content (AvgIpc) is 2.37. The summed E-state index contributed by atoms with van der Waals surface area (Å²) >= 11 is 0. The molecule has 20 heavy (non-hydrogen) atoms. The molecule has 0 aliphatic heterocycles. The minimum Gasteiger partial charge on any atom is -0.359 e. The molecule has 9 nitrogen and oxygen atoms in total. The molecule has 0 saturated carbocycles. The first-order valence-corrected chi connectivity index (χ1v) is 5.62. The first kappa shape index (κ1) is 15.7. The van der Waals surface area contributed by atoms with E-state index in [0.717, 1.165) is 12.1 Å². The highest BCUT2D eigenvalue weighted by Crippen LogP contribution is 2.26. The number of aliphatic hydroxyl groups is 2. The Balaban J connectivity index is 3.34. The van der Waals surface area contributed by atoms with Crippen LogP contribution in [0.2, 0.25) is 0 Å². The zero-order chi connectivity index (χ0) is 15.5. The molecule has 0 spiro atoms. The molecule has 0 bridgehead atoms. The zero-order valence-electron chi connectivity index (χ0n) is 10.5. The zero-order valence-corrected chi connectivity index (χ0v) is 10.5. The predicted octanol–water partition coefficient (Wildman–Crippen LogP) is 1.17. The smallest absolute Gasteiger partial charge is 0.277 e. The van der Waals surface area contributed by atoms with Gasteiger partial charge in [0.2, 0.25) is 11.6 Å². The molecule has 9 heteroatoms. The molecule has 108 valence electrons. The number of nitro benzene ring substituents is 2. The largest absolute Gasteiger partial charge is 0.359 e. The summed E-state index contributed by atoms with van der Waals surface area (Å²) in [5, 5.41) is 40.5. The number of nitro groups is 2. The molecule has 0 radical (unpaired) electrons. The van der Waals surface area contributed by atoms with Crippen LogP contribution in [0.4, 0.5) is 11.4 Å². The van der Waals surface area contributed by atoms with Crippen LogP contribution in [0.5, 0.6) is 0 Å². The van der Waals surface area contributed by atoms with Crippen molar-refractivity contribution in [3.8, 4) is 0 Å². The van der Waals surface area contributed by atoms with Crippen LogP contribution < -0.4 is 0 Å². The summed E-state index contributed by atoms with van der Waals surface area (Å²) in [6, 6.07) is 2.23. The SMILES string of the molecule is CCCC(O)(O)C(=O)c1cc([N+](=O)[O-])cc([N+](=O)[O-])c1. The Hall–Kier alpha value is -2.39. The maximum Gasteiger partial charge on any atom is 0.277 e. The van der Waals surface area contributed by atoms with Crippen molar-refractivity contribution in [3.63, 3.8) is 0 Å². The Morgan fingerprint density at radius 3 is 1.95 bits per heavy atom. The van der Waals surface area contributed by atoms with Gasteiger partial charge in [-0.05, 0) is 0 Å². The number of hydrogen-bond donors (Lipinski definition) is 2. The van der Waals surface area contributed by atoms with Gasteiger partial charge in [0.05, 0.1) is 15.9 Å². The van der Waals surface area contributed by atoms with E-state index in [1.54, 1.807) is 6.92 Å². The third kappa shape index (κ3) is 3.33. The van der Waals surface area contributed by atoms with Gasteiger partial charge in [-0.25, -0.2) is 0 Å². The fourth-order valence-electron chi connectivity index (χ4n) is 1.63. The van der Waals surface area contributed by atoms with Crippen LogP contribution in [-0.2, 0) is 0 Å². The summed E-state index contributed by atoms with van der Waals surface area (Å²) in [4.78, 5) is 31.4. The number of ketones is 1. The summed E-state index contributed by atoms with van der Waals surface area (Å²) in [7, 11) is 0. The second-order valence-electron chi connectivity index (χ2n) is 4.15. The standard InChI is InChI=1S/C11H12N2O7/c1-2-3-11(15,16)10(14)7-4-8(12(17)18)6-9(5-7)13(19)20/h4-6,15-16H,2-3H2,1H3. The van der Waals surface area contributed by atoms with E-state index in [1.807, 2.05) is 0 Å². The topological polar surface area (TPSA) is 144 Å². The van der Waals surface area contributed by atoms with Crippen molar-refractivity contribution in [2.24, 2.45) is 0 Å². The monoisotopic (exact) mass is 284 g/mol. The first-order chi connectivity index (χ1) is 9.19. The normalized spacial score (nSPS) is 11.2. The molecule has 0 fully saturated rings. The number of nitrogens with zero attached hydrogens (tertiary/aromatic N) is 2. The molecule has 0 heterocycles. The van der Waals surface area contributed by atoms with Gasteiger partial charge < -0.3 is 10.2 Å². The number of non-ortho nitro benzene ring substituents is 2. The third-order valence-electron chi connectivity index (χ3n) is 2.55. The van der Waals surface area contributed by atoms with Crippen molar-refractivity contribution in [2.45, 2.75) is 25.6 Å². The maximum absolute atomic E-state index is 11.9. The lowest BCUT2D eigenvalue weighted by atomic mass is 9.98. The summed E-state index contributed by atoms with van der Waals surface area (Å²) in [6.45, 7) is 1.60. The van der Waals surface area contributed by atoms with E-state index in [-0.39, 0.29) is 12.8 Å². The molecule has 1 aromatic carbocycles. The molecule has 1 aromatic rings. The number of hydrogen-bond acceptors (Lipinski definition) is 7. The molecular formula is C11H12N2O7. The number of rotatable bonds is 6. The Labute approximate surface area is 112 Å². The molecular weight excluding hydrogens is 272 g/mol. The second-order valence-corrected chi connectivity index (χ2v) is 4.15. The lowest BCUT2D eigenvalue weighted by molar-refractivity contribution is -0.394. The van der Waals surface area contributed by atoms with Crippen molar-refractivity contribution >= 4 is 17.2 Å². The number of carbonyl (C=O) groups is 1. The molecule has 0 saturated heterocycles. The van der Waals surface area contributed by atoms with E-state index in [0.29, 0.717) is 6.07 Å². The second kappa shape index (κ2) is 5.72. The summed E-state index contributed by atoms with van der Waals surface area (Å²) < 4.78 is 0. The van der Waals surface area contributed by atoms with Gasteiger partial charge in [0.25, 0.3) is 11.4 Å². The van der Waals surface area contributed by atoms with E-state index in [4.69, 9.17) is 0 Å². The van der Waals surface area contributed by atoms with Crippen LogP contribution in [0, 0.1) is 20.2 Å². The molecule has 0 aliphatic carbocycles. The number of benzene rings is 1. The van der Waals surface area contributed by atoms with Gasteiger partial charge in [0.1, 0.15) is 0 Å². The van der Waals surface area contributed by atoms with Crippen molar-refractivity contribution < 1.29 is 24.9 Å². The third-order valence-corrected chi connectivity index (χ3v) is 2.55. The van der Waals surface area contributed by atoms with Gasteiger partial charge in [-0.3, -0.25) is 25.0 Å². The highest BCUT2D eigenvalue weighted by Gasteiger charge is 2.34. The Morgan fingerprint density at radius 1 is 1.15 bits per heavy atom. The minimum absolute atomic E-state index is 0.274. The Bertz CT molecular complexity index is 536. The molecule has 0 unspecified atom stereocenters. The highest BCUT2D eigenvalue weighted by atomic mass is 16.6. The van der Waals surface area contributed by atoms with Crippen molar-refractivity contribution in [1.82, 2.24) is 0 Å². The van der Waals surface area contributed by atoms with Crippen LogP contribution in [0.25, 0.3) is 0 Å². The molecule has 0 amide bonds. The molecule has 0 aromatic heterocycles. The minimum atomic E-state index is -2.71. The van der Waals surface area contributed by atoms with E-state index in [9.17, 15) is 35.2 Å². The van der Waals surface area contributed by atoms with Crippen LogP contribution in [-0.4, -0.2) is 31.6 Å². The van der Waals surface area contributed by atoms with Crippen LogP contribution in [0.15, 0.2) is 18.2 Å². The van der Waals surface area contributed by atoms with Crippen molar-refractivity contribution in [3.05, 3.63) is 44.0 Å². The van der Waals surface area contributed by atoms with Crippen LogP contribution in [0.3, 0.4) is 0 Å². The lowest BCUT2D eigenvalue weighted by Gasteiger charge is -2.19. The fourth-order valence-corrected chi connectivity index (χ4v) is 1.63. The van der Waals surface area contributed by atoms with Crippen LogP contribution >= 0.6 is 0 Å². The average molecular weight is 284 g/mol. The van der Waals surface area contributed by atoms with Gasteiger partial charge >= 0.3 is 0 Å². The number of carbonyl (C=O) groups excluding carboxylic acids is 1. The van der Waals surface area contributed by atoms with E-state index in [2.05, 4.69) is 0 Å². The molecule has 0 aliphatic rings. The molecule has 2 N–H and O–H groups in total. The summed E-state index contributed by atoms with van der Waals surface area (Å²) in [6.07, 6.45) is -0.0158. The molecule has 1 rings (SSSR count). The van der Waals surface area contributed by atoms with Gasteiger partial charge in [0, 0.05) is 24.1 Å². The first-order valence-electron chi connectivity index (χ1n) is 5.62. The quantitative estimate of drug-likeness (QED) is 0.345. The van der Waals surface area contributed by atoms with Gasteiger partial charge in [-0.2, -0.15) is 0 Å². The summed E-state index contributed by atoms with van der Waals surface area (Å²) in [5.41, 5.74) is -1.84. The van der Waals surface area contributed by atoms with Gasteiger partial charge in [-0.15, -0.1) is 0 Å². The maximum atomic E-state index is 11.9. The van der Waals surface area contributed by atoms with Crippen LogP contribution in [0.1, 0.15) is 30.1 Å². The Morgan fingerprint density at radius 2 is 1.60 bits per heavy atom. The highest BCUT2D eigenvalue weighted by molar-refractivity contribution is 6.02. The van der Waals surface area contributed by atoms with Crippen molar-refractivity contribution in [2.75, 3.05) is 0 Å². The lowest BCUT2D eigenvalue weighted by Crippen LogP contribution is -2.38. The van der Waals surface area contributed by atoms with Crippen molar-refractivity contribution in [1.29, 1.82) is 0 Å². The number of Topliss-reactive ketones (excluding diaryl/α,β-unsaturated/α-hetero) is 1.